The number of rotatable bonds is 39. The molecule has 0 aliphatic carbocycles. The molecule has 0 fully saturated rings. The van der Waals surface area contributed by atoms with Crippen LogP contribution in [0, 0.1) is 0 Å². The maximum absolute atomic E-state index is 11.0. The summed E-state index contributed by atoms with van der Waals surface area (Å²) in [5.74, 6) is -20.5. The number of carbonyl (C=O) groups excluding carboxylic acids is 12. The third kappa shape index (κ3) is 39.5. The van der Waals surface area contributed by atoms with Gasteiger partial charge in [-0.1, -0.05) is 0 Å². The maximum atomic E-state index is 11.0. The normalized spacial score (nSPS) is 10.8. The molecule has 0 aliphatic rings. The molecule has 0 aliphatic heterocycles. The molecule has 0 aromatic carbocycles. The summed E-state index contributed by atoms with van der Waals surface area (Å²) in [6.45, 7) is -6.32. The Hall–Kier alpha value is -4.64. The summed E-state index contributed by atoms with van der Waals surface area (Å²) < 4.78 is 0. The van der Waals surface area contributed by atoms with Crippen molar-refractivity contribution in [1.29, 1.82) is 0 Å². The third-order valence-corrected chi connectivity index (χ3v) is 9.10. The topological polar surface area (TPSA) is 605 Å². The standard InChI is InChI=1S/3C12H21N3O8.4Fe/c3*13-1-2-14-7-12(3-8(16)17,4-9(18)19)15(5-10(20)21)6-11(22)23;;;;/h3*14H,1-7,13H2,(H,16,17)(H,18,19)(H,20,21)(H,22,23);;;;/q;;;4*+3/p-12. The van der Waals surface area contributed by atoms with Crippen LogP contribution in [0.5, 0.6) is 0 Å². The zero-order chi connectivity index (χ0) is 54.1. The first-order chi connectivity index (χ1) is 31.9. The van der Waals surface area contributed by atoms with E-state index in [9.17, 15) is 119 Å². The third-order valence-electron chi connectivity index (χ3n) is 9.10. The molecule has 37 heteroatoms. The van der Waals surface area contributed by atoms with Gasteiger partial charge in [0.15, 0.2) is 0 Å². The molecule has 9 N–H and O–H groups in total. The Kier molecular flexibility index (Phi) is 49.3. The molecule has 0 heterocycles. The predicted octanol–water partition coefficient (Wildman–Crippen LogP) is -22.9. The largest absolute Gasteiger partial charge is 3.00 e. The second-order valence-corrected chi connectivity index (χ2v) is 14.7. The van der Waals surface area contributed by atoms with Crippen molar-refractivity contribution in [2.45, 2.75) is 55.1 Å². The van der Waals surface area contributed by atoms with Gasteiger partial charge < -0.3 is 152 Å². The Morgan fingerprint density at radius 2 is 0.425 bits per heavy atom. The van der Waals surface area contributed by atoms with E-state index in [1.807, 2.05) is 0 Å². The van der Waals surface area contributed by atoms with Crippen LogP contribution < -0.4 is 94.4 Å². The second-order valence-electron chi connectivity index (χ2n) is 14.7. The van der Waals surface area contributed by atoms with E-state index in [2.05, 4.69) is 16.0 Å². The maximum Gasteiger partial charge on any atom is 3.00 e. The van der Waals surface area contributed by atoms with Gasteiger partial charge in [-0.15, -0.1) is 0 Å². The molecule has 73 heavy (non-hydrogen) atoms. The first-order valence-electron chi connectivity index (χ1n) is 19.7. The van der Waals surface area contributed by atoms with E-state index in [0.29, 0.717) is 14.7 Å². The molecule has 0 atom stereocenters. The Labute approximate surface area is 457 Å². The minimum atomic E-state index is -1.92. The van der Waals surface area contributed by atoms with Gasteiger partial charge >= 0.3 is 68.3 Å². The molecule has 0 unspecified atom stereocenters. The second kappa shape index (κ2) is 43.7. The van der Waals surface area contributed by atoms with Crippen molar-refractivity contribution >= 4 is 71.6 Å². The zero-order valence-electron chi connectivity index (χ0n) is 38.1. The van der Waals surface area contributed by atoms with Crippen LogP contribution in [0.25, 0.3) is 0 Å². The van der Waals surface area contributed by atoms with Crippen LogP contribution in [0.1, 0.15) is 38.5 Å². The van der Waals surface area contributed by atoms with Crippen molar-refractivity contribution in [2.24, 2.45) is 17.2 Å². The average molecular weight is 1220 g/mol. The summed E-state index contributed by atoms with van der Waals surface area (Å²) in [6, 6.07) is 0. The van der Waals surface area contributed by atoms with Crippen LogP contribution in [0.15, 0.2) is 0 Å². The van der Waals surface area contributed by atoms with Crippen molar-refractivity contribution in [1.82, 2.24) is 30.7 Å². The van der Waals surface area contributed by atoms with E-state index >= 15 is 0 Å². The number of nitrogens with one attached hydrogen (secondary N) is 3. The number of carboxylic acids is 12. The van der Waals surface area contributed by atoms with Crippen molar-refractivity contribution < 1.29 is 187 Å². The number of carbonyl (C=O) groups is 12. The van der Waals surface area contributed by atoms with E-state index in [0.717, 1.165) is 0 Å². The van der Waals surface area contributed by atoms with Crippen LogP contribution in [-0.2, 0) is 126 Å². The van der Waals surface area contributed by atoms with E-state index in [1.54, 1.807) is 0 Å². The van der Waals surface area contributed by atoms with Crippen LogP contribution in [-0.4, -0.2) is 201 Å². The fraction of sp³-hybridized carbons (Fsp3) is 0.667. The van der Waals surface area contributed by atoms with E-state index < -0.39 is 166 Å². The first kappa shape index (κ1) is 82.4. The summed E-state index contributed by atoms with van der Waals surface area (Å²) in [4.78, 5) is 133. The predicted molar refractivity (Wildman–Crippen MR) is 196 cm³/mol. The molecule has 33 nitrogen and oxygen atoms in total. The molecule has 0 bridgehead atoms. The Morgan fingerprint density at radius 3 is 0.521 bits per heavy atom. The molecule has 416 valence electrons. The summed E-state index contributed by atoms with van der Waals surface area (Å²) >= 11 is 0. The SMILES string of the molecule is NCCNCC(CC(=O)[O-])(CC(=O)[O-])N(CC(=O)[O-])CC(=O)[O-].NCCNCC(CC(=O)[O-])(CC(=O)[O-])N(CC(=O)[O-])CC(=O)[O-].NCCNCC(CC(=O)[O-])(CC(=O)[O-])N(CC(=O)[O-])CC(=O)[O-].[Fe+3].[Fe+3].[Fe+3].[Fe+3]. The quantitative estimate of drug-likeness (QED) is 0.0246. The van der Waals surface area contributed by atoms with Gasteiger partial charge in [0, 0.05) is 189 Å². The van der Waals surface area contributed by atoms with Gasteiger partial charge in [0.2, 0.25) is 0 Å². The molecule has 0 amide bonds. The Bertz CT molecular complexity index is 1480. The number of aliphatic carboxylic acids is 12. The molecule has 4 radical (unpaired) electrons. The van der Waals surface area contributed by atoms with Gasteiger partial charge in [0.05, 0.1) is 35.8 Å². The summed E-state index contributed by atoms with van der Waals surface area (Å²) in [7, 11) is 0. The average Bonchev–Trinajstić information content (AvgIpc) is 3.15. The smallest absolute Gasteiger partial charge is 0.550 e. The van der Waals surface area contributed by atoms with Crippen molar-refractivity contribution in [3.8, 4) is 0 Å². The minimum absolute atomic E-state index is 0. The van der Waals surface area contributed by atoms with E-state index in [-0.39, 0.29) is 127 Å². The number of hydrogen-bond acceptors (Lipinski definition) is 33. The van der Waals surface area contributed by atoms with Crippen LogP contribution in [0.2, 0.25) is 0 Å². The molecular weight excluding hydrogens is 1170 g/mol. The van der Waals surface area contributed by atoms with Crippen LogP contribution >= 0.6 is 0 Å². The molecule has 0 saturated carbocycles. The van der Waals surface area contributed by atoms with E-state index in [1.165, 1.54) is 0 Å². The molecule has 0 aromatic rings. The van der Waals surface area contributed by atoms with Crippen molar-refractivity contribution in [2.75, 3.05) is 98.2 Å². The van der Waals surface area contributed by atoms with E-state index in [4.69, 9.17) is 17.2 Å². The molecule has 0 saturated heterocycles. The van der Waals surface area contributed by atoms with Crippen molar-refractivity contribution in [3.05, 3.63) is 0 Å². The van der Waals surface area contributed by atoms with Gasteiger partial charge in [0.25, 0.3) is 0 Å². The van der Waals surface area contributed by atoms with Gasteiger partial charge in [0.1, 0.15) is 0 Å². The summed E-state index contributed by atoms with van der Waals surface area (Å²) in [5, 5.41) is 139. The minimum Gasteiger partial charge on any atom is -0.550 e. The summed E-state index contributed by atoms with van der Waals surface area (Å²) in [5.41, 5.74) is 10.00. The monoisotopic (exact) mass is 1220 g/mol. The number of nitrogens with zero attached hydrogens (tertiary/aromatic N) is 3. The van der Waals surface area contributed by atoms with Gasteiger partial charge in [-0.3, -0.25) is 14.7 Å². The number of hydrogen-bond donors (Lipinski definition) is 6. The molecule has 0 aromatic heterocycles. The molecule has 0 spiro atoms. The zero-order valence-corrected chi connectivity index (χ0v) is 42.6. The van der Waals surface area contributed by atoms with Gasteiger partial charge in [-0.2, -0.15) is 0 Å². The fourth-order valence-corrected chi connectivity index (χ4v) is 6.56. The first-order valence-corrected chi connectivity index (χ1v) is 19.7. The van der Waals surface area contributed by atoms with Gasteiger partial charge in [-0.25, -0.2) is 0 Å². The number of nitrogens with two attached hydrogens (primary N) is 3. The van der Waals surface area contributed by atoms with Crippen LogP contribution in [0.4, 0.5) is 0 Å². The summed E-state index contributed by atoms with van der Waals surface area (Å²) in [6.07, 6.45) is -5.67. The van der Waals surface area contributed by atoms with Crippen molar-refractivity contribution in [3.63, 3.8) is 0 Å². The Morgan fingerprint density at radius 1 is 0.288 bits per heavy atom. The Balaban J connectivity index is -0.000000174. The molecular formula is C36H51Fe4N9O24. The van der Waals surface area contributed by atoms with Crippen LogP contribution in [0.3, 0.4) is 0 Å². The number of carboxylic acid groups (broad SMARTS) is 12. The fourth-order valence-electron chi connectivity index (χ4n) is 6.56. The van der Waals surface area contributed by atoms with Gasteiger partial charge in [-0.05, 0) is 0 Å². The molecule has 0 rings (SSSR count).